The molecule has 0 bridgehead atoms. The van der Waals surface area contributed by atoms with Crippen LogP contribution >= 0.6 is 11.3 Å². The van der Waals surface area contributed by atoms with Crippen LogP contribution < -0.4 is 11.1 Å². The molecule has 0 aliphatic rings. The first-order valence-corrected chi connectivity index (χ1v) is 8.55. The molecule has 0 fully saturated rings. The number of ketones is 1. The molecule has 0 aliphatic carbocycles. The topological polar surface area (TPSA) is 131 Å². The van der Waals surface area contributed by atoms with Crippen LogP contribution in [0, 0.1) is 0 Å². The van der Waals surface area contributed by atoms with Crippen LogP contribution in [0.4, 0.5) is 0 Å². The number of carbonyl (C=O) groups excluding carboxylic acids is 3. The number of aromatic nitrogens is 3. The summed E-state index contributed by atoms with van der Waals surface area (Å²) in [5, 5.41) is 2.59. The van der Waals surface area contributed by atoms with E-state index in [0.717, 1.165) is 16.9 Å². The zero-order chi connectivity index (χ0) is 18.5. The van der Waals surface area contributed by atoms with Crippen LogP contribution in [0.2, 0.25) is 0 Å². The zero-order valence-electron chi connectivity index (χ0n) is 13.5. The normalized spacial score (nSPS) is 11.7. The van der Waals surface area contributed by atoms with Gasteiger partial charge in [-0.2, -0.15) is 0 Å². The van der Waals surface area contributed by atoms with Gasteiger partial charge in [-0.3, -0.25) is 19.4 Å². The van der Waals surface area contributed by atoms with Crippen molar-refractivity contribution in [1.29, 1.82) is 0 Å². The van der Waals surface area contributed by atoms with Crippen LogP contribution in [0.15, 0.2) is 48.4 Å². The van der Waals surface area contributed by atoms with Crippen molar-refractivity contribution in [2.24, 2.45) is 5.73 Å². The summed E-state index contributed by atoms with van der Waals surface area (Å²) in [5.74, 6) is -2.47. The molecule has 0 radical (unpaired) electrons. The standard InChI is InChI=1S/C17H15N5O3S/c18-16(24)14(23)12(7-10-4-6-19-8-10)22-17(25)15-13(21-9-26-15)11-3-1-2-5-20-11/h1-6,8-9,12,19H,7H2,(H2,18,24)(H,22,25). The molecule has 26 heavy (non-hydrogen) atoms. The van der Waals surface area contributed by atoms with Gasteiger partial charge in [0.2, 0.25) is 5.78 Å². The maximum absolute atomic E-state index is 12.7. The number of nitrogens with two attached hydrogens (primary N) is 1. The van der Waals surface area contributed by atoms with E-state index in [1.54, 1.807) is 42.9 Å². The number of Topliss-reactive ketones (excluding diaryl/α,β-unsaturated/α-hetero) is 1. The molecule has 0 spiro atoms. The number of aromatic amines is 1. The van der Waals surface area contributed by atoms with Gasteiger partial charge in [0, 0.05) is 25.0 Å². The number of primary amides is 1. The maximum atomic E-state index is 12.7. The van der Waals surface area contributed by atoms with Crippen LogP contribution in [-0.4, -0.2) is 38.6 Å². The molecule has 3 aromatic rings. The number of thiazole rings is 1. The Bertz CT molecular complexity index is 921. The number of hydrogen-bond donors (Lipinski definition) is 3. The first-order valence-electron chi connectivity index (χ1n) is 7.67. The minimum absolute atomic E-state index is 0.148. The summed E-state index contributed by atoms with van der Waals surface area (Å²) in [6, 6.07) is 5.97. The van der Waals surface area contributed by atoms with Gasteiger partial charge in [-0.05, 0) is 23.8 Å². The third-order valence-corrected chi connectivity index (χ3v) is 4.47. The zero-order valence-corrected chi connectivity index (χ0v) is 14.3. The Labute approximate surface area is 152 Å². The lowest BCUT2D eigenvalue weighted by atomic mass is 10.0. The van der Waals surface area contributed by atoms with E-state index in [4.69, 9.17) is 5.73 Å². The molecular formula is C17H15N5O3S. The number of carbonyl (C=O) groups is 3. The molecule has 4 N–H and O–H groups in total. The molecule has 3 aromatic heterocycles. The van der Waals surface area contributed by atoms with Crippen LogP contribution in [0.1, 0.15) is 15.2 Å². The third kappa shape index (κ3) is 3.83. The lowest BCUT2D eigenvalue weighted by Gasteiger charge is -2.15. The Morgan fingerprint density at radius 1 is 1.23 bits per heavy atom. The van der Waals surface area contributed by atoms with Crippen molar-refractivity contribution < 1.29 is 14.4 Å². The summed E-state index contributed by atoms with van der Waals surface area (Å²) in [7, 11) is 0. The summed E-state index contributed by atoms with van der Waals surface area (Å²) >= 11 is 1.13. The average molecular weight is 369 g/mol. The molecule has 1 atom stereocenters. The molecule has 3 rings (SSSR count). The maximum Gasteiger partial charge on any atom is 0.287 e. The van der Waals surface area contributed by atoms with Gasteiger partial charge in [-0.15, -0.1) is 11.3 Å². The Morgan fingerprint density at radius 3 is 2.73 bits per heavy atom. The van der Waals surface area contributed by atoms with Gasteiger partial charge in [-0.1, -0.05) is 6.07 Å². The fraction of sp³-hybridized carbons (Fsp3) is 0.118. The fourth-order valence-corrected chi connectivity index (χ4v) is 3.12. The van der Waals surface area contributed by atoms with Gasteiger partial charge in [0.1, 0.15) is 16.6 Å². The lowest BCUT2D eigenvalue weighted by Crippen LogP contribution is -2.47. The van der Waals surface area contributed by atoms with E-state index in [9.17, 15) is 14.4 Å². The van der Waals surface area contributed by atoms with Crippen molar-refractivity contribution in [1.82, 2.24) is 20.3 Å². The summed E-state index contributed by atoms with van der Waals surface area (Å²) < 4.78 is 0. The number of amides is 2. The van der Waals surface area contributed by atoms with Gasteiger partial charge in [0.15, 0.2) is 0 Å². The number of rotatable bonds is 7. The van der Waals surface area contributed by atoms with Crippen LogP contribution in [0.3, 0.4) is 0 Å². The minimum atomic E-state index is -1.10. The number of nitrogens with one attached hydrogen (secondary N) is 2. The smallest absolute Gasteiger partial charge is 0.287 e. The van der Waals surface area contributed by atoms with Gasteiger partial charge >= 0.3 is 0 Å². The minimum Gasteiger partial charge on any atom is -0.367 e. The van der Waals surface area contributed by atoms with E-state index in [1.165, 1.54) is 5.51 Å². The third-order valence-electron chi connectivity index (χ3n) is 3.65. The summed E-state index contributed by atoms with van der Waals surface area (Å²) in [4.78, 5) is 47.6. The van der Waals surface area contributed by atoms with Crippen LogP contribution in [0.5, 0.6) is 0 Å². The van der Waals surface area contributed by atoms with Crippen molar-refractivity contribution in [3.05, 3.63) is 58.8 Å². The largest absolute Gasteiger partial charge is 0.367 e. The van der Waals surface area contributed by atoms with E-state index in [0.29, 0.717) is 16.3 Å². The first-order chi connectivity index (χ1) is 12.6. The number of hydrogen-bond acceptors (Lipinski definition) is 6. The summed E-state index contributed by atoms with van der Waals surface area (Å²) in [6.07, 6.45) is 5.11. The predicted molar refractivity (Wildman–Crippen MR) is 95.3 cm³/mol. The second kappa shape index (κ2) is 7.70. The predicted octanol–water partition coefficient (Wildman–Crippen LogP) is 0.929. The second-order valence-corrected chi connectivity index (χ2v) is 6.28. The van der Waals surface area contributed by atoms with Gasteiger partial charge in [0.25, 0.3) is 11.8 Å². The quantitative estimate of drug-likeness (QED) is 0.533. The highest BCUT2D eigenvalue weighted by atomic mass is 32.1. The molecule has 0 saturated heterocycles. The monoisotopic (exact) mass is 369 g/mol. The first kappa shape index (κ1) is 17.5. The molecule has 1 unspecified atom stereocenters. The van der Waals surface area contributed by atoms with Gasteiger partial charge < -0.3 is 16.0 Å². The van der Waals surface area contributed by atoms with Crippen LogP contribution in [0.25, 0.3) is 11.4 Å². The van der Waals surface area contributed by atoms with Crippen LogP contribution in [-0.2, 0) is 16.0 Å². The van der Waals surface area contributed by atoms with Gasteiger partial charge in [0.05, 0.1) is 11.2 Å². The Balaban J connectivity index is 1.83. The average Bonchev–Trinajstić information content (AvgIpc) is 3.32. The van der Waals surface area contributed by atoms with E-state index in [-0.39, 0.29) is 6.42 Å². The number of pyridine rings is 1. The highest BCUT2D eigenvalue weighted by Crippen LogP contribution is 2.23. The van der Waals surface area contributed by atoms with E-state index < -0.39 is 23.6 Å². The molecule has 0 saturated carbocycles. The number of H-pyrrole nitrogens is 1. The van der Waals surface area contributed by atoms with Crippen molar-refractivity contribution in [3.63, 3.8) is 0 Å². The molecule has 9 heteroatoms. The Hall–Kier alpha value is -3.33. The molecule has 0 aliphatic heterocycles. The summed E-state index contributed by atoms with van der Waals surface area (Å²) in [6.45, 7) is 0. The van der Waals surface area contributed by atoms with E-state index in [2.05, 4.69) is 20.3 Å². The Kier molecular flexibility index (Phi) is 5.18. The van der Waals surface area contributed by atoms with Crippen molar-refractivity contribution >= 4 is 28.9 Å². The lowest BCUT2D eigenvalue weighted by molar-refractivity contribution is -0.137. The Morgan fingerprint density at radius 2 is 2.08 bits per heavy atom. The highest BCUT2D eigenvalue weighted by Gasteiger charge is 2.27. The van der Waals surface area contributed by atoms with Gasteiger partial charge in [-0.25, -0.2) is 4.98 Å². The van der Waals surface area contributed by atoms with Crippen molar-refractivity contribution in [3.8, 4) is 11.4 Å². The molecule has 132 valence electrons. The molecule has 0 aromatic carbocycles. The second-order valence-electron chi connectivity index (χ2n) is 5.42. The molecule has 2 amide bonds. The number of nitrogens with zero attached hydrogens (tertiary/aromatic N) is 2. The molecular weight excluding hydrogens is 354 g/mol. The molecule has 8 nitrogen and oxygen atoms in total. The van der Waals surface area contributed by atoms with E-state index in [1.807, 2.05) is 0 Å². The van der Waals surface area contributed by atoms with Crippen molar-refractivity contribution in [2.45, 2.75) is 12.5 Å². The SMILES string of the molecule is NC(=O)C(=O)C(Cc1cc[nH]c1)NC(=O)c1scnc1-c1ccccn1. The fourth-order valence-electron chi connectivity index (χ4n) is 2.42. The summed E-state index contributed by atoms with van der Waals surface area (Å²) in [5.41, 5.74) is 8.36. The van der Waals surface area contributed by atoms with E-state index >= 15 is 0 Å². The highest BCUT2D eigenvalue weighted by molar-refractivity contribution is 7.12. The molecule has 3 heterocycles. The van der Waals surface area contributed by atoms with Crippen molar-refractivity contribution in [2.75, 3.05) is 0 Å².